The molecule has 0 unspecified atom stereocenters. The molecule has 154 valence electrons. The van der Waals surface area contributed by atoms with Crippen molar-refractivity contribution in [3.8, 4) is 0 Å². The van der Waals surface area contributed by atoms with E-state index in [1.54, 1.807) is 6.21 Å². The van der Waals surface area contributed by atoms with Crippen LogP contribution in [0, 0.1) is 6.92 Å². The number of carbonyl (C=O) groups excluding carboxylic acids is 1. The Balaban J connectivity index is 1.33. The van der Waals surface area contributed by atoms with E-state index in [0.717, 1.165) is 36.0 Å². The molecule has 1 aliphatic heterocycles. The number of amides is 1. The van der Waals surface area contributed by atoms with Crippen LogP contribution < -0.4 is 5.43 Å². The summed E-state index contributed by atoms with van der Waals surface area (Å²) in [4.78, 5) is 14.9. The van der Waals surface area contributed by atoms with Gasteiger partial charge in [0.2, 0.25) is 0 Å². The highest BCUT2D eigenvalue weighted by atomic mass is 79.9. The van der Waals surface area contributed by atoms with Crippen molar-refractivity contribution in [2.24, 2.45) is 5.10 Å². The fourth-order valence-electron chi connectivity index (χ4n) is 4.97. The largest absolute Gasteiger partial charge is 0.342 e. The predicted octanol–water partition coefficient (Wildman–Crippen LogP) is 4.56. The average molecular weight is 465 g/mol. The quantitative estimate of drug-likeness (QED) is 0.454. The monoisotopic (exact) mass is 464 g/mol. The molecule has 0 radical (unpaired) electrons. The highest BCUT2D eigenvalue weighted by molar-refractivity contribution is 9.10. The van der Waals surface area contributed by atoms with Gasteiger partial charge in [0.05, 0.1) is 18.8 Å². The summed E-state index contributed by atoms with van der Waals surface area (Å²) in [5.74, 6) is -0.0613. The first-order valence-corrected chi connectivity index (χ1v) is 11.3. The van der Waals surface area contributed by atoms with Crippen LogP contribution in [0.2, 0.25) is 0 Å². The van der Waals surface area contributed by atoms with Crippen LogP contribution in [-0.2, 0) is 17.8 Å². The van der Waals surface area contributed by atoms with Gasteiger partial charge < -0.3 is 4.57 Å². The molecule has 2 aromatic carbocycles. The fraction of sp³-hybridized carbons (Fsp3) is 0.333. The lowest BCUT2D eigenvalue weighted by Crippen LogP contribution is -2.44. The topological polar surface area (TPSA) is 49.6 Å². The second-order valence-electron chi connectivity index (χ2n) is 8.26. The normalized spacial score (nSPS) is 18.7. The lowest BCUT2D eigenvalue weighted by atomic mass is 9.89. The predicted molar refractivity (Wildman–Crippen MR) is 124 cm³/mol. The minimum atomic E-state index is -0.0613. The summed E-state index contributed by atoms with van der Waals surface area (Å²) < 4.78 is 3.48. The van der Waals surface area contributed by atoms with Crippen molar-refractivity contribution in [2.45, 2.75) is 38.8 Å². The van der Waals surface area contributed by atoms with E-state index in [4.69, 9.17) is 0 Å². The van der Waals surface area contributed by atoms with Crippen molar-refractivity contribution in [2.75, 3.05) is 13.1 Å². The first kappa shape index (κ1) is 19.5. The van der Waals surface area contributed by atoms with E-state index in [0.29, 0.717) is 12.6 Å². The second kappa shape index (κ2) is 8.00. The van der Waals surface area contributed by atoms with E-state index in [1.165, 1.54) is 34.1 Å². The number of rotatable bonds is 4. The van der Waals surface area contributed by atoms with Gasteiger partial charge in [-0.15, -0.1) is 0 Å². The smallest absolute Gasteiger partial charge is 0.254 e. The molecule has 1 aromatic heterocycles. The molecule has 0 bridgehead atoms. The Morgan fingerprint density at radius 2 is 2.17 bits per heavy atom. The highest BCUT2D eigenvalue weighted by Crippen LogP contribution is 2.42. The van der Waals surface area contributed by atoms with Gasteiger partial charge in [0.25, 0.3) is 5.91 Å². The molecule has 5 rings (SSSR count). The number of hydrazone groups is 1. The zero-order valence-corrected chi connectivity index (χ0v) is 18.7. The van der Waals surface area contributed by atoms with Crippen molar-refractivity contribution in [1.82, 2.24) is 14.9 Å². The lowest BCUT2D eigenvalue weighted by Gasteiger charge is -2.39. The maximum Gasteiger partial charge on any atom is 0.254 e. The van der Waals surface area contributed by atoms with Crippen molar-refractivity contribution in [3.63, 3.8) is 0 Å². The van der Waals surface area contributed by atoms with Crippen LogP contribution in [-0.4, -0.2) is 34.7 Å². The molecule has 30 heavy (non-hydrogen) atoms. The molecule has 0 spiro atoms. The van der Waals surface area contributed by atoms with Crippen LogP contribution in [0.1, 0.15) is 41.3 Å². The number of aryl methyl sites for hydroxylation is 2. The summed E-state index contributed by atoms with van der Waals surface area (Å²) in [5.41, 5.74) is 9.22. The maximum absolute atomic E-state index is 12.6. The van der Waals surface area contributed by atoms with E-state index in [-0.39, 0.29) is 5.91 Å². The molecule has 0 saturated carbocycles. The number of fused-ring (bicyclic) bond motifs is 3. The van der Waals surface area contributed by atoms with Crippen LogP contribution in [0.4, 0.5) is 0 Å². The van der Waals surface area contributed by atoms with Gasteiger partial charge in [-0.05, 0) is 61.6 Å². The van der Waals surface area contributed by atoms with E-state index in [2.05, 4.69) is 61.0 Å². The lowest BCUT2D eigenvalue weighted by molar-refractivity contribution is -0.123. The number of nitrogens with one attached hydrogen (secondary N) is 1. The number of carbonyl (C=O) groups is 1. The van der Waals surface area contributed by atoms with E-state index < -0.39 is 0 Å². The van der Waals surface area contributed by atoms with Gasteiger partial charge in [0.1, 0.15) is 0 Å². The van der Waals surface area contributed by atoms with Crippen LogP contribution in [0.25, 0.3) is 10.9 Å². The molecule has 1 N–H and O–H groups in total. The minimum absolute atomic E-state index is 0.0613. The van der Waals surface area contributed by atoms with Crippen LogP contribution in [0.3, 0.4) is 0 Å². The van der Waals surface area contributed by atoms with Gasteiger partial charge in [-0.25, -0.2) is 5.43 Å². The van der Waals surface area contributed by atoms with Crippen LogP contribution in [0.5, 0.6) is 0 Å². The molecule has 0 saturated heterocycles. The SMILES string of the molecule is Cc1ccc2c(c1)c1c3n2CCN(CC(=O)NN=Cc2cccc(Br)c2)[C@@H]3CCC1. The summed E-state index contributed by atoms with van der Waals surface area (Å²) in [5, 5.41) is 5.54. The van der Waals surface area contributed by atoms with Crippen molar-refractivity contribution < 1.29 is 4.79 Å². The molecular formula is C24H25BrN4O. The Morgan fingerprint density at radius 1 is 1.27 bits per heavy atom. The maximum atomic E-state index is 12.6. The molecule has 5 nitrogen and oxygen atoms in total. The molecule has 1 amide bonds. The van der Waals surface area contributed by atoms with Gasteiger partial charge in [-0.1, -0.05) is 39.7 Å². The van der Waals surface area contributed by atoms with E-state index in [9.17, 15) is 4.79 Å². The summed E-state index contributed by atoms with van der Waals surface area (Å²) in [6.45, 7) is 4.35. The van der Waals surface area contributed by atoms with Crippen molar-refractivity contribution in [3.05, 3.63) is 69.3 Å². The average Bonchev–Trinajstić information content (AvgIpc) is 3.05. The Morgan fingerprint density at radius 3 is 3.03 bits per heavy atom. The minimum Gasteiger partial charge on any atom is -0.342 e. The Labute approximate surface area is 184 Å². The second-order valence-corrected chi connectivity index (χ2v) is 9.18. The number of halogens is 1. The standard InChI is InChI=1S/C24H25BrN4O/c1-16-8-9-21-20(12-16)19-6-3-7-22-24(19)29(21)11-10-28(22)15-23(30)27-26-14-17-4-2-5-18(25)13-17/h2,4-5,8-9,12-14,22H,3,6-7,10-11,15H2,1H3,(H,27,30)/t22-/m1/s1. The number of benzene rings is 2. The van der Waals surface area contributed by atoms with Gasteiger partial charge in [-0.3, -0.25) is 9.69 Å². The third kappa shape index (κ3) is 3.59. The summed E-state index contributed by atoms with van der Waals surface area (Å²) in [7, 11) is 0. The number of hydrogen-bond donors (Lipinski definition) is 1. The van der Waals surface area contributed by atoms with E-state index >= 15 is 0 Å². The molecule has 2 aliphatic rings. The van der Waals surface area contributed by atoms with Crippen LogP contribution >= 0.6 is 15.9 Å². The fourth-order valence-corrected chi connectivity index (χ4v) is 5.38. The first-order chi connectivity index (χ1) is 14.6. The third-order valence-electron chi connectivity index (χ3n) is 6.24. The van der Waals surface area contributed by atoms with Crippen molar-refractivity contribution in [1.29, 1.82) is 0 Å². The zero-order valence-electron chi connectivity index (χ0n) is 17.1. The Kier molecular flexibility index (Phi) is 5.21. The molecule has 0 fully saturated rings. The summed E-state index contributed by atoms with van der Waals surface area (Å²) >= 11 is 3.45. The van der Waals surface area contributed by atoms with Crippen LogP contribution in [0.15, 0.2) is 52.0 Å². The summed E-state index contributed by atoms with van der Waals surface area (Å²) in [6, 6.07) is 14.9. The Bertz CT molecular complexity index is 1150. The van der Waals surface area contributed by atoms with Gasteiger partial charge in [0.15, 0.2) is 0 Å². The Hall–Kier alpha value is -2.44. The van der Waals surface area contributed by atoms with Gasteiger partial charge >= 0.3 is 0 Å². The van der Waals surface area contributed by atoms with E-state index in [1.807, 2.05) is 24.3 Å². The zero-order chi connectivity index (χ0) is 20.7. The first-order valence-electron chi connectivity index (χ1n) is 10.5. The molecule has 6 heteroatoms. The molecule has 3 aromatic rings. The summed E-state index contributed by atoms with van der Waals surface area (Å²) in [6.07, 6.45) is 5.09. The third-order valence-corrected chi connectivity index (χ3v) is 6.73. The molecule has 2 heterocycles. The number of aromatic nitrogens is 1. The molecule has 1 atom stereocenters. The van der Waals surface area contributed by atoms with Gasteiger partial charge in [0, 0.05) is 34.2 Å². The highest BCUT2D eigenvalue weighted by Gasteiger charge is 2.35. The number of nitrogens with zero attached hydrogens (tertiary/aromatic N) is 3. The van der Waals surface area contributed by atoms with Crippen molar-refractivity contribution >= 4 is 39.0 Å². The molecular weight excluding hydrogens is 440 g/mol. The van der Waals surface area contributed by atoms with Gasteiger partial charge in [-0.2, -0.15) is 5.10 Å². The molecule has 1 aliphatic carbocycles. The number of hydrogen-bond acceptors (Lipinski definition) is 3.